The number of nitrogens with zero attached hydrogens (tertiary/aromatic N) is 2. The number of imide groups is 1. The number of hydrogen-bond donors (Lipinski definition) is 1. The highest BCUT2D eigenvalue weighted by atomic mass is 32.1. The average molecular weight is 482 g/mol. The highest BCUT2D eigenvalue weighted by Gasteiger charge is 2.71. The molecule has 0 aliphatic carbocycles. The summed E-state index contributed by atoms with van der Waals surface area (Å²) in [5, 5.41) is 3.18. The van der Waals surface area contributed by atoms with E-state index in [1.165, 1.54) is 4.90 Å². The van der Waals surface area contributed by atoms with Gasteiger partial charge in [0, 0.05) is 5.56 Å². The van der Waals surface area contributed by atoms with Crippen molar-refractivity contribution in [3.05, 3.63) is 95.1 Å². The van der Waals surface area contributed by atoms with Gasteiger partial charge >= 0.3 is 0 Å². The molecule has 3 aromatic carbocycles. The van der Waals surface area contributed by atoms with Crippen molar-refractivity contribution in [3.63, 3.8) is 0 Å². The van der Waals surface area contributed by atoms with Gasteiger partial charge < -0.3 is 10.2 Å². The van der Waals surface area contributed by atoms with Crippen LogP contribution in [0.15, 0.2) is 72.8 Å². The number of nitrogens with one attached hydrogen (secondary N) is 1. The van der Waals surface area contributed by atoms with Crippen molar-refractivity contribution in [2.24, 2.45) is 11.8 Å². The molecule has 3 aromatic rings. The predicted octanol–water partition coefficient (Wildman–Crippen LogP) is 3.78. The lowest BCUT2D eigenvalue weighted by molar-refractivity contribution is -0.132. The van der Waals surface area contributed by atoms with E-state index in [-0.39, 0.29) is 16.8 Å². The fraction of sp³-hybridized carbons (Fsp3) is 0.214. The molecule has 0 bridgehead atoms. The molecule has 3 atom stereocenters. The zero-order valence-corrected chi connectivity index (χ0v) is 20.1. The molecule has 3 aliphatic rings. The maximum absolute atomic E-state index is 14.2. The van der Waals surface area contributed by atoms with Crippen LogP contribution in [0.1, 0.15) is 22.3 Å². The van der Waals surface area contributed by atoms with E-state index in [9.17, 15) is 14.4 Å². The highest BCUT2D eigenvalue weighted by Crippen LogP contribution is 2.54. The summed E-state index contributed by atoms with van der Waals surface area (Å²) in [5.41, 5.74) is 3.36. The second-order valence-electron chi connectivity index (χ2n) is 9.45. The Morgan fingerprint density at radius 2 is 1.60 bits per heavy atom. The zero-order chi connectivity index (χ0) is 24.5. The third-order valence-corrected chi connectivity index (χ3v) is 7.71. The first kappa shape index (κ1) is 21.7. The minimum absolute atomic E-state index is 0.241. The lowest BCUT2D eigenvalue weighted by Gasteiger charge is -2.30. The molecule has 3 heterocycles. The number of para-hydroxylation sites is 1. The second kappa shape index (κ2) is 7.58. The van der Waals surface area contributed by atoms with Crippen LogP contribution in [-0.2, 0) is 26.5 Å². The van der Waals surface area contributed by atoms with Gasteiger partial charge in [0.15, 0.2) is 5.54 Å². The quantitative estimate of drug-likeness (QED) is 0.456. The SMILES string of the molecule is Cc1ccc(N2C(=O)[C@@H]3C(=S)N[C@@]4(C(=O)N(Cc5ccccc5)c5ccccc54)[C@@H]3C2=O)c(C)c1. The van der Waals surface area contributed by atoms with Crippen molar-refractivity contribution in [1.82, 2.24) is 5.32 Å². The number of amides is 3. The summed E-state index contributed by atoms with van der Waals surface area (Å²) >= 11 is 5.62. The Morgan fingerprint density at radius 1 is 0.886 bits per heavy atom. The molecule has 3 aliphatic heterocycles. The maximum atomic E-state index is 14.2. The number of fused-ring (bicyclic) bond motifs is 4. The van der Waals surface area contributed by atoms with E-state index in [1.807, 2.05) is 80.6 Å². The monoisotopic (exact) mass is 481 g/mol. The van der Waals surface area contributed by atoms with E-state index in [4.69, 9.17) is 12.2 Å². The summed E-state index contributed by atoms with van der Waals surface area (Å²) in [6.45, 7) is 4.19. The van der Waals surface area contributed by atoms with Crippen molar-refractivity contribution in [3.8, 4) is 0 Å². The molecule has 3 amide bonds. The van der Waals surface area contributed by atoms with Crippen molar-refractivity contribution in [2.45, 2.75) is 25.9 Å². The zero-order valence-electron chi connectivity index (χ0n) is 19.3. The van der Waals surface area contributed by atoms with Crippen LogP contribution in [0.5, 0.6) is 0 Å². The topological polar surface area (TPSA) is 69.7 Å². The van der Waals surface area contributed by atoms with Crippen LogP contribution in [0.3, 0.4) is 0 Å². The van der Waals surface area contributed by atoms with Gasteiger partial charge in [-0.05, 0) is 37.1 Å². The van der Waals surface area contributed by atoms with Gasteiger partial charge in [0.1, 0.15) is 5.92 Å². The van der Waals surface area contributed by atoms with E-state index in [0.29, 0.717) is 17.8 Å². The maximum Gasteiger partial charge on any atom is 0.258 e. The lowest BCUT2D eigenvalue weighted by Crippen LogP contribution is -2.54. The molecule has 1 N–H and O–H groups in total. The largest absolute Gasteiger partial charge is 0.361 e. The molecular formula is C28H23N3O3S. The van der Waals surface area contributed by atoms with Crippen molar-refractivity contribution in [1.29, 1.82) is 0 Å². The Hall–Kier alpha value is -3.84. The Kier molecular flexibility index (Phi) is 4.70. The summed E-state index contributed by atoms with van der Waals surface area (Å²) in [6, 6.07) is 22.8. The van der Waals surface area contributed by atoms with Gasteiger partial charge in [0.2, 0.25) is 11.8 Å². The number of anilines is 2. The third-order valence-electron chi connectivity index (χ3n) is 7.35. The van der Waals surface area contributed by atoms with E-state index >= 15 is 0 Å². The summed E-state index contributed by atoms with van der Waals surface area (Å²) < 4.78 is 0. The first-order valence-corrected chi connectivity index (χ1v) is 12.0. The van der Waals surface area contributed by atoms with Crippen LogP contribution in [0.2, 0.25) is 0 Å². The highest BCUT2D eigenvalue weighted by molar-refractivity contribution is 7.80. The van der Waals surface area contributed by atoms with Crippen molar-refractivity contribution >= 4 is 46.3 Å². The van der Waals surface area contributed by atoms with Crippen LogP contribution in [-0.4, -0.2) is 22.7 Å². The molecule has 7 heteroatoms. The van der Waals surface area contributed by atoms with Crippen LogP contribution < -0.4 is 15.1 Å². The normalized spacial score (nSPS) is 24.9. The number of aryl methyl sites for hydroxylation is 2. The van der Waals surface area contributed by atoms with Gasteiger partial charge in [-0.25, -0.2) is 4.90 Å². The van der Waals surface area contributed by atoms with E-state index in [0.717, 1.165) is 22.4 Å². The van der Waals surface area contributed by atoms with E-state index in [2.05, 4.69) is 5.32 Å². The molecular weight excluding hydrogens is 458 g/mol. The molecule has 35 heavy (non-hydrogen) atoms. The number of carbonyl (C=O) groups excluding carboxylic acids is 3. The molecule has 1 spiro atoms. The summed E-state index contributed by atoms with van der Waals surface area (Å²) in [7, 11) is 0. The molecule has 0 aromatic heterocycles. The Bertz CT molecular complexity index is 1440. The summed E-state index contributed by atoms with van der Waals surface area (Å²) in [4.78, 5) is 45.0. The van der Waals surface area contributed by atoms with Crippen molar-refractivity contribution in [2.75, 3.05) is 9.80 Å². The fourth-order valence-electron chi connectivity index (χ4n) is 5.84. The first-order chi connectivity index (χ1) is 16.8. The molecule has 2 saturated heterocycles. The summed E-state index contributed by atoms with van der Waals surface area (Å²) in [6.07, 6.45) is 0. The van der Waals surface area contributed by atoms with Crippen LogP contribution in [0, 0.1) is 25.7 Å². The lowest BCUT2D eigenvalue weighted by atomic mass is 9.77. The van der Waals surface area contributed by atoms with Crippen LogP contribution in [0.4, 0.5) is 11.4 Å². The number of hydrogen-bond acceptors (Lipinski definition) is 4. The smallest absolute Gasteiger partial charge is 0.258 e. The minimum atomic E-state index is -1.41. The number of carbonyl (C=O) groups is 3. The Morgan fingerprint density at radius 3 is 2.34 bits per heavy atom. The Balaban J connectivity index is 1.48. The molecule has 174 valence electrons. The summed E-state index contributed by atoms with van der Waals surface area (Å²) in [5.74, 6) is -2.87. The molecule has 6 nitrogen and oxygen atoms in total. The molecule has 2 fully saturated rings. The minimum Gasteiger partial charge on any atom is -0.361 e. The van der Waals surface area contributed by atoms with Gasteiger partial charge in [-0.1, -0.05) is 78.4 Å². The van der Waals surface area contributed by atoms with Gasteiger partial charge in [-0.3, -0.25) is 14.4 Å². The fourth-order valence-corrected chi connectivity index (χ4v) is 6.24. The standard InChI is InChI=1S/C28H23N3O3S/c1-16-12-13-20(17(2)14-16)31-25(32)22-23(26(31)33)28(29-24(22)35)19-10-6-7-11-21(19)30(27(28)34)15-18-8-4-3-5-9-18/h3-14,22-23H,15H2,1-2H3,(H,29,35)/t22-,23-,28+/m0/s1. The van der Waals surface area contributed by atoms with E-state index < -0.39 is 23.3 Å². The van der Waals surface area contributed by atoms with Gasteiger partial charge in [0.25, 0.3) is 5.91 Å². The van der Waals surface area contributed by atoms with Crippen molar-refractivity contribution < 1.29 is 14.4 Å². The van der Waals surface area contributed by atoms with Crippen LogP contribution in [0.25, 0.3) is 0 Å². The van der Waals surface area contributed by atoms with Gasteiger partial charge in [-0.2, -0.15) is 0 Å². The molecule has 6 rings (SSSR count). The van der Waals surface area contributed by atoms with Gasteiger partial charge in [-0.15, -0.1) is 0 Å². The average Bonchev–Trinajstić information content (AvgIpc) is 3.39. The third kappa shape index (κ3) is 2.88. The molecule has 0 saturated carbocycles. The number of thiocarbonyl (C=S) groups is 1. The van der Waals surface area contributed by atoms with Gasteiger partial charge in [0.05, 0.1) is 28.8 Å². The second-order valence-corrected chi connectivity index (χ2v) is 9.89. The predicted molar refractivity (Wildman–Crippen MR) is 137 cm³/mol. The molecule has 0 radical (unpaired) electrons. The molecule has 0 unspecified atom stereocenters. The first-order valence-electron chi connectivity index (χ1n) is 11.6. The number of rotatable bonds is 3. The van der Waals surface area contributed by atoms with E-state index in [1.54, 1.807) is 11.0 Å². The van der Waals surface area contributed by atoms with Crippen LogP contribution >= 0.6 is 12.2 Å². The Labute approximate surface area is 208 Å². The number of benzene rings is 3.